The number of aryl methyl sites for hydroxylation is 1. The molecule has 1 aromatic heterocycles. The van der Waals surface area contributed by atoms with Crippen LogP contribution in [0, 0.1) is 23.3 Å². The summed E-state index contributed by atoms with van der Waals surface area (Å²) < 4.78 is 52.7. The van der Waals surface area contributed by atoms with Gasteiger partial charge in [0.15, 0.2) is 23.3 Å². The SMILES string of the molecule is O=c1cc(CCc2c(F)c(F)cc(F)c2F)[nH][nH]c1=O. The molecule has 0 aliphatic rings. The number of halogens is 4. The van der Waals surface area contributed by atoms with Crippen molar-refractivity contribution >= 4 is 0 Å². The van der Waals surface area contributed by atoms with Gasteiger partial charge in [0.1, 0.15) is 0 Å². The average molecular weight is 288 g/mol. The number of H-pyrrole nitrogens is 2. The molecule has 0 radical (unpaired) electrons. The summed E-state index contributed by atoms with van der Waals surface area (Å²) in [6, 6.07) is 1.07. The Morgan fingerprint density at radius 2 is 1.45 bits per heavy atom. The predicted octanol–water partition coefficient (Wildman–Crippen LogP) is 1.40. The highest BCUT2D eigenvalue weighted by atomic mass is 19.2. The van der Waals surface area contributed by atoms with E-state index in [1.54, 1.807) is 0 Å². The van der Waals surface area contributed by atoms with Gasteiger partial charge in [-0.2, -0.15) is 0 Å². The molecule has 8 heteroatoms. The number of aromatic amines is 2. The lowest BCUT2D eigenvalue weighted by Gasteiger charge is -2.06. The third-order valence-electron chi connectivity index (χ3n) is 2.71. The second-order valence-electron chi connectivity index (χ2n) is 4.06. The smallest absolute Gasteiger partial charge is 0.302 e. The summed E-state index contributed by atoms with van der Waals surface area (Å²) in [6.45, 7) is 0. The third kappa shape index (κ3) is 2.63. The molecule has 0 saturated heterocycles. The standard InChI is InChI=1S/C12H8F4N2O2/c13-7-4-8(14)11(16)6(10(7)15)2-1-5-3-9(19)12(20)18-17-5/h3-4H,1-2H2,(H,17,19)(H,18,20). The van der Waals surface area contributed by atoms with Gasteiger partial charge in [-0.1, -0.05) is 0 Å². The second-order valence-corrected chi connectivity index (χ2v) is 4.06. The molecular formula is C12H8F4N2O2. The van der Waals surface area contributed by atoms with Gasteiger partial charge in [0.05, 0.1) is 0 Å². The van der Waals surface area contributed by atoms with Crippen molar-refractivity contribution in [3.8, 4) is 0 Å². The molecular weight excluding hydrogens is 280 g/mol. The molecule has 0 fully saturated rings. The Morgan fingerprint density at radius 1 is 0.850 bits per heavy atom. The van der Waals surface area contributed by atoms with E-state index in [2.05, 4.69) is 5.10 Å². The molecule has 0 amide bonds. The zero-order valence-corrected chi connectivity index (χ0v) is 9.90. The molecule has 0 aliphatic heterocycles. The van der Waals surface area contributed by atoms with Crippen molar-refractivity contribution in [1.82, 2.24) is 10.2 Å². The van der Waals surface area contributed by atoms with Crippen LogP contribution in [0.3, 0.4) is 0 Å². The van der Waals surface area contributed by atoms with Gasteiger partial charge in [-0.3, -0.25) is 14.7 Å². The van der Waals surface area contributed by atoms with Crippen molar-refractivity contribution in [3.63, 3.8) is 0 Å². The van der Waals surface area contributed by atoms with Crippen molar-refractivity contribution in [2.24, 2.45) is 0 Å². The predicted molar refractivity (Wildman–Crippen MR) is 61.4 cm³/mol. The first kappa shape index (κ1) is 14.0. The first-order valence-electron chi connectivity index (χ1n) is 5.53. The highest BCUT2D eigenvalue weighted by Crippen LogP contribution is 2.20. The van der Waals surface area contributed by atoms with Gasteiger partial charge in [-0.15, -0.1) is 0 Å². The van der Waals surface area contributed by atoms with Gasteiger partial charge in [0, 0.05) is 23.4 Å². The Morgan fingerprint density at radius 3 is 2.00 bits per heavy atom. The molecule has 2 N–H and O–H groups in total. The number of hydrogen-bond acceptors (Lipinski definition) is 2. The normalized spacial score (nSPS) is 10.8. The van der Waals surface area contributed by atoms with E-state index in [0.717, 1.165) is 6.07 Å². The van der Waals surface area contributed by atoms with Gasteiger partial charge >= 0.3 is 5.56 Å². The largest absolute Gasteiger partial charge is 0.310 e. The minimum atomic E-state index is -1.49. The zero-order valence-electron chi connectivity index (χ0n) is 9.90. The number of rotatable bonds is 3. The Bertz CT molecular complexity index is 741. The number of nitrogens with one attached hydrogen (secondary N) is 2. The Labute approximate surface area is 109 Å². The van der Waals surface area contributed by atoms with Crippen LogP contribution in [-0.2, 0) is 12.8 Å². The molecule has 106 valence electrons. The maximum atomic E-state index is 13.4. The summed E-state index contributed by atoms with van der Waals surface area (Å²) in [4.78, 5) is 21.9. The molecule has 0 atom stereocenters. The van der Waals surface area contributed by atoms with Gasteiger partial charge in [0.25, 0.3) is 0 Å². The van der Waals surface area contributed by atoms with Crippen LogP contribution in [-0.4, -0.2) is 10.2 Å². The van der Waals surface area contributed by atoms with Crippen LogP contribution < -0.4 is 11.0 Å². The van der Waals surface area contributed by atoms with E-state index in [-0.39, 0.29) is 24.6 Å². The summed E-state index contributed by atoms with van der Waals surface area (Å²) >= 11 is 0. The van der Waals surface area contributed by atoms with Crippen LogP contribution in [0.5, 0.6) is 0 Å². The summed E-state index contributed by atoms with van der Waals surface area (Å²) in [7, 11) is 0. The lowest BCUT2D eigenvalue weighted by molar-refractivity contribution is 0.438. The molecule has 0 bridgehead atoms. The van der Waals surface area contributed by atoms with Crippen LogP contribution in [0.4, 0.5) is 17.6 Å². The molecule has 1 aromatic carbocycles. The highest BCUT2D eigenvalue weighted by Gasteiger charge is 2.18. The Kier molecular flexibility index (Phi) is 3.73. The molecule has 2 rings (SSSR count). The summed E-state index contributed by atoms with van der Waals surface area (Å²) in [5, 5.41) is 4.37. The molecule has 0 saturated carbocycles. The summed E-state index contributed by atoms with van der Waals surface area (Å²) in [6.07, 6.45) is -0.489. The van der Waals surface area contributed by atoms with E-state index in [0.29, 0.717) is 0 Å². The van der Waals surface area contributed by atoms with Crippen molar-refractivity contribution in [3.05, 3.63) is 67.2 Å². The van der Waals surface area contributed by atoms with Crippen LogP contribution in [0.25, 0.3) is 0 Å². The van der Waals surface area contributed by atoms with Crippen LogP contribution >= 0.6 is 0 Å². The summed E-state index contributed by atoms with van der Waals surface area (Å²) in [5.41, 5.74) is -2.28. The Balaban J connectivity index is 2.29. The van der Waals surface area contributed by atoms with Crippen molar-refractivity contribution in [2.45, 2.75) is 12.8 Å². The average Bonchev–Trinajstić information content (AvgIpc) is 2.40. The minimum Gasteiger partial charge on any atom is -0.302 e. The molecule has 1 heterocycles. The topological polar surface area (TPSA) is 65.7 Å². The fourth-order valence-corrected chi connectivity index (χ4v) is 1.69. The fraction of sp³-hybridized carbons (Fsp3) is 0.167. The van der Waals surface area contributed by atoms with E-state index in [4.69, 9.17) is 0 Å². The monoisotopic (exact) mass is 288 g/mol. The number of benzene rings is 1. The third-order valence-corrected chi connectivity index (χ3v) is 2.71. The van der Waals surface area contributed by atoms with E-state index < -0.39 is 39.8 Å². The maximum absolute atomic E-state index is 13.4. The highest BCUT2D eigenvalue weighted by molar-refractivity contribution is 5.23. The lowest BCUT2D eigenvalue weighted by atomic mass is 10.1. The number of aromatic nitrogens is 2. The minimum absolute atomic E-state index is 0.108. The van der Waals surface area contributed by atoms with Crippen LogP contribution in [0.1, 0.15) is 11.3 Å². The number of hydrogen-bond donors (Lipinski definition) is 2. The Hall–Kier alpha value is -2.38. The van der Waals surface area contributed by atoms with E-state index in [9.17, 15) is 27.2 Å². The molecule has 20 heavy (non-hydrogen) atoms. The zero-order chi connectivity index (χ0) is 14.9. The first-order valence-corrected chi connectivity index (χ1v) is 5.53. The van der Waals surface area contributed by atoms with Gasteiger partial charge in [0.2, 0.25) is 5.43 Å². The quantitative estimate of drug-likeness (QED) is 0.509. The van der Waals surface area contributed by atoms with Crippen LogP contribution in [0.15, 0.2) is 21.7 Å². The van der Waals surface area contributed by atoms with Crippen molar-refractivity contribution in [1.29, 1.82) is 0 Å². The second kappa shape index (κ2) is 5.32. The maximum Gasteiger partial charge on any atom is 0.310 e. The van der Waals surface area contributed by atoms with E-state index in [1.165, 1.54) is 0 Å². The molecule has 2 aromatic rings. The van der Waals surface area contributed by atoms with Crippen molar-refractivity contribution in [2.75, 3.05) is 0 Å². The fourth-order valence-electron chi connectivity index (χ4n) is 1.69. The van der Waals surface area contributed by atoms with Crippen molar-refractivity contribution < 1.29 is 17.6 Å². The lowest BCUT2D eigenvalue weighted by Crippen LogP contribution is -2.27. The van der Waals surface area contributed by atoms with Gasteiger partial charge < -0.3 is 5.10 Å². The van der Waals surface area contributed by atoms with Crippen LogP contribution in [0.2, 0.25) is 0 Å². The van der Waals surface area contributed by atoms with Gasteiger partial charge in [-0.05, 0) is 12.8 Å². The van der Waals surface area contributed by atoms with E-state index in [1.807, 2.05) is 5.10 Å². The van der Waals surface area contributed by atoms with Gasteiger partial charge in [-0.25, -0.2) is 17.6 Å². The summed E-state index contributed by atoms with van der Waals surface area (Å²) in [5.74, 6) is -5.94. The van der Waals surface area contributed by atoms with E-state index >= 15 is 0 Å². The molecule has 4 nitrogen and oxygen atoms in total. The molecule has 0 aliphatic carbocycles. The first-order chi connectivity index (χ1) is 9.40. The molecule has 0 spiro atoms. The molecule has 0 unspecified atom stereocenters.